The number of nitrogens with zero attached hydrogens (tertiary/aromatic N) is 1. The van der Waals surface area contributed by atoms with Crippen molar-refractivity contribution >= 4 is 27.3 Å². The van der Waals surface area contributed by atoms with E-state index in [1.54, 1.807) is 11.3 Å². The monoisotopic (exact) mass is 297 g/mol. The molecule has 2 aromatic rings. The zero-order valence-corrected chi connectivity index (χ0v) is 11.6. The molecule has 0 bridgehead atoms. The van der Waals surface area contributed by atoms with Gasteiger partial charge in [0.2, 0.25) is 0 Å². The molecule has 0 saturated carbocycles. The van der Waals surface area contributed by atoms with E-state index < -0.39 is 0 Å². The number of thiazole rings is 1. The van der Waals surface area contributed by atoms with Gasteiger partial charge in [-0.2, -0.15) is 0 Å². The van der Waals surface area contributed by atoms with Crippen LogP contribution in [0.1, 0.15) is 16.3 Å². The van der Waals surface area contributed by atoms with Crippen LogP contribution in [0.4, 0.5) is 0 Å². The maximum absolute atomic E-state index is 5.69. The van der Waals surface area contributed by atoms with Gasteiger partial charge in [0.15, 0.2) is 0 Å². The first-order valence-corrected chi connectivity index (χ1v) is 6.62. The molecule has 0 fully saturated rings. The van der Waals surface area contributed by atoms with E-state index in [1.807, 2.05) is 30.5 Å². The molecule has 0 saturated heterocycles. The Kier molecular flexibility index (Phi) is 3.61. The molecular weight excluding hydrogens is 286 g/mol. The smallest absolute Gasteiger partial charge is 0.140 e. The fraction of sp³-hybridized carbons (Fsp3) is 0.250. The molecule has 0 N–H and O–H groups in total. The molecule has 0 amide bonds. The highest BCUT2D eigenvalue weighted by atomic mass is 79.9. The van der Waals surface area contributed by atoms with Crippen molar-refractivity contribution in [1.82, 2.24) is 4.98 Å². The van der Waals surface area contributed by atoms with Crippen LogP contribution in [0.25, 0.3) is 0 Å². The van der Waals surface area contributed by atoms with Crippen LogP contribution in [-0.2, 0) is 6.61 Å². The van der Waals surface area contributed by atoms with Gasteiger partial charge in [-0.15, -0.1) is 11.3 Å². The van der Waals surface area contributed by atoms with Gasteiger partial charge in [-0.05, 0) is 47.5 Å². The molecule has 1 aromatic heterocycles. The van der Waals surface area contributed by atoms with E-state index in [2.05, 4.69) is 27.8 Å². The molecule has 0 unspecified atom stereocenters. The van der Waals surface area contributed by atoms with Crippen molar-refractivity contribution in [2.45, 2.75) is 20.5 Å². The predicted octanol–water partition coefficient (Wildman–Crippen LogP) is 4.10. The highest BCUT2D eigenvalue weighted by Gasteiger charge is 2.03. The van der Waals surface area contributed by atoms with E-state index >= 15 is 0 Å². The van der Waals surface area contributed by atoms with Crippen molar-refractivity contribution < 1.29 is 4.74 Å². The lowest BCUT2D eigenvalue weighted by molar-refractivity contribution is 0.303. The Morgan fingerprint density at radius 3 is 2.81 bits per heavy atom. The predicted molar refractivity (Wildman–Crippen MR) is 70.1 cm³/mol. The van der Waals surface area contributed by atoms with Crippen molar-refractivity contribution in [3.05, 3.63) is 44.3 Å². The molecule has 0 aliphatic heterocycles. The Morgan fingerprint density at radius 1 is 1.38 bits per heavy atom. The van der Waals surface area contributed by atoms with Gasteiger partial charge in [0.25, 0.3) is 0 Å². The van der Waals surface area contributed by atoms with Crippen LogP contribution in [-0.4, -0.2) is 4.98 Å². The number of aryl methyl sites for hydroxylation is 2. The summed E-state index contributed by atoms with van der Waals surface area (Å²) in [5, 5.41) is 3.04. The van der Waals surface area contributed by atoms with Gasteiger partial charge in [0.1, 0.15) is 17.4 Å². The number of ether oxygens (including phenoxy) is 1. The standard InChI is InChI=1S/C12H12BrNOS/c1-8-3-4-11(10(13)5-8)15-6-12-14-9(2)7-16-12/h3-5,7H,6H2,1-2H3. The number of rotatable bonds is 3. The molecule has 2 rings (SSSR count). The maximum atomic E-state index is 5.69. The van der Waals surface area contributed by atoms with Crippen LogP contribution < -0.4 is 4.74 Å². The van der Waals surface area contributed by atoms with Gasteiger partial charge in [-0.3, -0.25) is 0 Å². The van der Waals surface area contributed by atoms with Crippen molar-refractivity contribution in [2.75, 3.05) is 0 Å². The van der Waals surface area contributed by atoms with Gasteiger partial charge in [-0.1, -0.05) is 6.07 Å². The number of aromatic nitrogens is 1. The van der Waals surface area contributed by atoms with E-state index in [1.165, 1.54) is 5.56 Å². The topological polar surface area (TPSA) is 22.1 Å². The minimum atomic E-state index is 0.528. The third-order valence-corrected chi connectivity index (χ3v) is 3.66. The van der Waals surface area contributed by atoms with Gasteiger partial charge >= 0.3 is 0 Å². The Morgan fingerprint density at radius 2 is 2.19 bits per heavy atom. The average Bonchev–Trinajstić information content (AvgIpc) is 2.63. The van der Waals surface area contributed by atoms with E-state index in [9.17, 15) is 0 Å². The highest BCUT2D eigenvalue weighted by Crippen LogP contribution is 2.26. The Bertz CT molecular complexity index is 496. The van der Waals surface area contributed by atoms with Gasteiger partial charge in [0.05, 0.1) is 4.47 Å². The first-order valence-electron chi connectivity index (χ1n) is 4.95. The Hall–Kier alpha value is -0.870. The summed E-state index contributed by atoms with van der Waals surface area (Å²) in [5.41, 5.74) is 2.26. The molecule has 0 spiro atoms. The van der Waals surface area contributed by atoms with Gasteiger partial charge in [0, 0.05) is 11.1 Å². The summed E-state index contributed by atoms with van der Waals surface area (Å²) in [6.45, 7) is 4.57. The summed E-state index contributed by atoms with van der Waals surface area (Å²) in [6.07, 6.45) is 0. The fourth-order valence-corrected chi connectivity index (χ4v) is 2.62. The second-order valence-corrected chi connectivity index (χ2v) is 5.40. The van der Waals surface area contributed by atoms with Crippen LogP contribution in [0.5, 0.6) is 5.75 Å². The molecule has 16 heavy (non-hydrogen) atoms. The van der Waals surface area contributed by atoms with E-state index in [0.29, 0.717) is 6.61 Å². The van der Waals surface area contributed by atoms with Crippen LogP contribution in [0.15, 0.2) is 28.1 Å². The van der Waals surface area contributed by atoms with Gasteiger partial charge in [-0.25, -0.2) is 4.98 Å². The average molecular weight is 298 g/mol. The lowest BCUT2D eigenvalue weighted by Gasteiger charge is -2.06. The lowest BCUT2D eigenvalue weighted by atomic mass is 10.2. The van der Waals surface area contributed by atoms with Crippen molar-refractivity contribution in [1.29, 1.82) is 0 Å². The summed E-state index contributed by atoms with van der Waals surface area (Å²) < 4.78 is 6.68. The van der Waals surface area contributed by atoms with E-state index in [4.69, 9.17) is 4.74 Å². The number of hydrogen-bond acceptors (Lipinski definition) is 3. The van der Waals surface area contributed by atoms with Crippen LogP contribution in [0, 0.1) is 13.8 Å². The molecular formula is C12H12BrNOS. The fourth-order valence-electron chi connectivity index (χ4n) is 1.33. The normalized spacial score (nSPS) is 10.4. The first kappa shape index (κ1) is 11.6. The SMILES string of the molecule is Cc1ccc(OCc2nc(C)cs2)c(Br)c1. The number of hydrogen-bond donors (Lipinski definition) is 0. The molecule has 0 aliphatic carbocycles. The molecule has 0 aliphatic rings. The third-order valence-electron chi connectivity index (χ3n) is 2.11. The van der Waals surface area contributed by atoms with E-state index in [0.717, 1.165) is 20.9 Å². The molecule has 1 aromatic carbocycles. The van der Waals surface area contributed by atoms with Crippen molar-refractivity contribution in [3.63, 3.8) is 0 Å². The molecule has 4 heteroatoms. The summed E-state index contributed by atoms with van der Waals surface area (Å²) >= 11 is 5.11. The van der Waals surface area contributed by atoms with Gasteiger partial charge < -0.3 is 4.74 Å². The Labute approximate surface area is 107 Å². The minimum absolute atomic E-state index is 0.528. The first-order chi connectivity index (χ1) is 7.65. The van der Waals surface area contributed by atoms with Crippen LogP contribution in [0.2, 0.25) is 0 Å². The molecule has 2 nitrogen and oxygen atoms in total. The summed E-state index contributed by atoms with van der Waals surface area (Å²) in [4.78, 5) is 4.35. The van der Waals surface area contributed by atoms with E-state index in [-0.39, 0.29) is 0 Å². The number of halogens is 1. The molecule has 0 atom stereocenters. The van der Waals surface area contributed by atoms with Crippen LogP contribution >= 0.6 is 27.3 Å². The summed E-state index contributed by atoms with van der Waals surface area (Å²) in [5.74, 6) is 0.860. The zero-order chi connectivity index (χ0) is 11.5. The molecule has 0 radical (unpaired) electrons. The Balaban J connectivity index is 2.04. The lowest BCUT2D eigenvalue weighted by Crippen LogP contribution is -1.95. The maximum Gasteiger partial charge on any atom is 0.140 e. The van der Waals surface area contributed by atoms with Crippen molar-refractivity contribution in [3.8, 4) is 5.75 Å². The zero-order valence-electron chi connectivity index (χ0n) is 9.16. The summed E-state index contributed by atoms with van der Waals surface area (Å²) in [7, 11) is 0. The highest BCUT2D eigenvalue weighted by molar-refractivity contribution is 9.10. The largest absolute Gasteiger partial charge is 0.485 e. The third kappa shape index (κ3) is 2.83. The second-order valence-electron chi connectivity index (χ2n) is 3.61. The van der Waals surface area contributed by atoms with Crippen LogP contribution in [0.3, 0.4) is 0 Å². The quantitative estimate of drug-likeness (QED) is 0.851. The summed E-state index contributed by atoms with van der Waals surface area (Å²) in [6, 6.07) is 6.05. The molecule has 1 heterocycles. The minimum Gasteiger partial charge on any atom is -0.485 e. The van der Waals surface area contributed by atoms with Crippen molar-refractivity contribution in [2.24, 2.45) is 0 Å². The number of benzene rings is 1. The second kappa shape index (κ2) is 4.97. The molecule has 84 valence electrons.